The highest BCUT2D eigenvalue weighted by Crippen LogP contribution is 2.27. The number of hydrogen-bond acceptors (Lipinski definition) is 4. The van der Waals surface area contributed by atoms with E-state index in [0.29, 0.717) is 23.3 Å². The van der Waals surface area contributed by atoms with Gasteiger partial charge >= 0.3 is 0 Å². The molecular weight excluding hydrogens is 318 g/mol. The highest BCUT2D eigenvalue weighted by atomic mass is 16.2. The Balaban J connectivity index is 1.88. The maximum Gasteiger partial charge on any atom is 0.255 e. The van der Waals surface area contributed by atoms with Crippen molar-refractivity contribution in [2.24, 2.45) is 0 Å². The van der Waals surface area contributed by atoms with Crippen molar-refractivity contribution in [1.82, 2.24) is 25.2 Å². The van der Waals surface area contributed by atoms with Crippen molar-refractivity contribution in [3.8, 4) is 0 Å². The first-order valence-electron chi connectivity index (χ1n) is 8.55. The van der Waals surface area contributed by atoms with E-state index >= 15 is 0 Å². The van der Waals surface area contributed by atoms with E-state index in [2.05, 4.69) is 26.8 Å². The van der Waals surface area contributed by atoms with Crippen molar-refractivity contribution in [1.29, 1.82) is 0 Å². The molecule has 25 heavy (non-hydrogen) atoms. The van der Waals surface area contributed by atoms with Crippen LogP contribution in [0.1, 0.15) is 48.7 Å². The molecule has 3 rings (SSSR count). The number of rotatable bonds is 4. The number of H-pyrrole nitrogens is 1. The zero-order valence-corrected chi connectivity index (χ0v) is 14.6. The molecule has 2 aromatic rings. The molecule has 0 aliphatic carbocycles. The lowest BCUT2D eigenvalue weighted by Gasteiger charge is -2.31. The second kappa shape index (κ2) is 7.04. The third-order valence-corrected chi connectivity index (χ3v) is 4.39. The molecule has 132 valence electrons. The summed E-state index contributed by atoms with van der Waals surface area (Å²) in [6.07, 6.45) is 6.57. The quantitative estimate of drug-likeness (QED) is 0.832. The summed E-state index contributed by atoms with van der Waals surface area (Å²) in [4.78, 5) is 38.1. The zero-order valence-electron chi connectivity index (χ0n) is 14.6. The summed E-state index contributed by atoms with van der Waals surface area (Å²) >= 11 is 0. The van der Waals surface area contributed by atoms with Crippen molar-refractivity contribution in [2.45, 2.75) is 38.6 Å². The Labute approximate surface area is 146 Å². The molecule has 7 heteroatoms. The van der Waals surface area contributed by atoms with E-state index in [-0.39, 0.29) is 23.8 Å². The average molecular weight is 341 g/mol. The van der Waals surface area contributed by atoms with E-state index in [1.165, 1.54) is 6.08 Å². The minimum Gasteiger partial charge on any atom is -0.350 e. The molecule has 1 aliphatic rings. The predicted molar refractivity (Wildman–Crippen MR) is 95.2 cm³/mol. The third kappa shape index (κ3) is 3.55. The second-order valence-electron chi connectivity index (χ2n) is 6.65. The van der Waals surface area contributed by atoms with Gasteiger partial charge in [0.2, 0.25) is 5.91 Å². The van der Waals surface area contributed by atoms with Gasteiger partial charge in [-0.1, -0.05) is 6.58 Å². The van der Waals surface area contributed by atoms with Gasteiger partial charge in [-0.25, -0.2) is 9.97 Å². The average Bonchev–Trinajstić information content (AvgIpc) is 3.03. The maximum absolute atomic E-state index is 12.3. The second-order valence-corrected chi connectivity index (χ2v) is 6.65. The Morgan fingerprint density at radius 3 is 3.00 bits per heavy atom. The fraction of sp³-hybridized carbons (Fsp3) is 0.444. The van der Waals surface area contributed by atoms with Crippen LogP contribution in [-0.4, -0.2) is 50.8 Å². The summed E-state index contributed by atoms with van der Waals surface area (Å²) in [7, 11) is 0. The number of likely N-dealkylation sites (tertiary alicyclic amines) is 1. The zero-order chi connectivity index (χ0) is 18.0. The van der Waals surface area contributed by atoms with Crippen LogP contribution in [0.5, 0.6) is 0 Å². The maximum atomic E-state index is 12.3. The predicted octanol–water partition coefficient (Wildman–Crippen LogP) is 1.99. The normalized spacial score (nSPS) is 17.7. The number of amides is 2. The van der Waals surface area contributed by atoms with Crippen molar-refractivity contribution in [3.05, 3.63) is 36.3 Å². The third-order valence-electron chi connectivity index (χ3n) is 4.39. The van der Waals surface area contributed by atoms with Gasteiger partial charge in [-0.2, -0.15) is 0 Å². The van der Waals surface area contributed by atoms with E-state index in [1.54, 1.807) is 17.3 Å². The number of nitrogens with zero attached hydrogens (tertiary/aromatic N) is 3. The largest absolute Gasteiger partial charge is 0.350 e. The monoisotopic (exact) mass is 341 g/mol. The van der Waals surface area contributed by atoms with E-state index in [0.717, 1.165) is 25.1 Å². The number of carbonyl (C=O) groups excluding carboxylic acids is 2. The number of nitrogens with one attached hydrogen (secondary N) is 2. The lowest BCUT2D eigenvalue weighted by Crippen LogP contribution is -2.38. The Kier molecular flexibility index (Phi) is 4.83. The van der Waals surface area contributed by atoms with Crippen LogP contribution in [0, 0.1) is 0 Å². The number of piperidine rings is 1. The van der Waals surface area contributed by atoms with Gasteiger partial charge in [0.25, 0.3) is 5.91 Å². The highest BCUT2D eigenvalue weighted by Gasteiger charge is 2.25. The van der Waals surface area contributed by atoms with Gasteiger partial charge in [0, 0.05) is 31.2 Å². The fourth-order valence-electron chi connectivity index (χ4n) is 3.16. The molecule has 0 bridgehead atoms. The van der Waals surface area contributed by atoms with Crippen LogP contribution in [0.3, 0.4) is 0 Å². The van der Waals surface area contributed by atoms with E-state index < -0.39 is 0 Å². The first kappa shape index (κ1) is 17.1. The molecule has 3 heterocycles. The molecule has 2 amide bonds. The summed E-state index contributed by atoms with van der Waals surface area (Å²) in [5.41, 5.74) is 2.47. The van der Waals surface area contributed by atoms with Crippen LogP contribution >= 0.6 is 0 Å². The van der Waals surface area contributed by atoms with Gasteiger partial charge in [-0.3, -0.25) is 9.59 Å². The van der Waals surface area contributed by atoms with Crippen LogP contribution < -0.4 is 5.32 Å². The van der Waals surface area contributed by atoms with E-state index in [9.17, 15) is 9.59 Å². The lowest BCUT2D eigenvalue weighted by molar-refractivity contribution is -0.127. The van der Waals surface area contributed by atoms with Gasteiger partial charge in [-0.05, 0) is 32.8 Å². The van der Waals surface area contributed by atoms with E-state index in [1.807, 2.05) is 13.8 Å². The van der Waals surface area contributed by atoms with Gasteiger partial charge < -0.3 is 15.2 Å². The number of hydrogen-bond donors (Lipinski definition) is 2. The van der Waals surface area contributed by atoms with Gasteiger partial charge in [-0.15, -0.1) is 0 Å². The van der Waals surface area contributed by atoms with Crippen molar-refractivity contribution in [3.63, 3.8) is 0 Å². The molecule has 0 aromatic carbocycles. The number of carbonyl (C=O) groups is 2. The Hall–Kier alpha value is -2.70. The first-order valence-corrected chi connectivity index (χ1v) is 8.55. The molecule has 0 spiro atoms. The molecule has 0 radical (unpaired) electrons. The van der Waals surface area contributed by atoms with Crippen molar-refractivity contribution in [2.75, 3.05) is 13.1 Å². The minimum absolute atomic E-state index is 0.0467. The summed E-state index contributed by atoms with van der Waals surface area (Å²) in [6, 6.07) is 0.0467. The Morgan fingerprint density at radius 1 is 1.48 bits per heavy atom. The summed E-state index contributed by atoms with van der Waals surface area (Å²) in [5, 5.41) is 2.88. The molecular formula is C18H23N5O2. The summed E-state index contributed by atoms with van der Waals surface area (Å²) < 4.78 is 0. The Morgan fingerprint density at radius 2 is 2.28 bits per heavy atom. The van der Waals surface area contributed by atoms with Crippen LogP contribution in [0.15, 0.2) is 25.0 Å². The molecule has 2 N–H and O–H groups in total. The SMILES string of the molecule is C=CC(=O)N1CCCC(c2cnc3[nH]cc(C(=O)NC(C)C)c3n2)C1. The topological polar surface area (TPSA) is 91.0 Å². The molecule has 1 aliphatic heterocycles. The summed E-state index contributed by atoms with van der Waals surface area (Å²) in [6.45, 7) is 8.72. The molecule has 1 saturated heterocycles. The molecule has 7 nitrogen and oxygen atoms in total. The van der Waals surface area contributed by atoms with Crippen LogP contribution in [0.25, 0.3) is 11.2 Å². The number of fused-ring (bicyclic) bond motifs is 1. The van der Waals surface area contributed by atoms with Crippen LogP contribution in [0.2, 0.25) is 0 Å². The molecule has 1 fully saturated rings. The van der Waals surface area contributed by atoms with Gasteiger partial charge in [0.05, 0.1) is 17.5 Å². The Bertz CT molecular complexity index is 811. The smallest absolute Gasteiger partial charge is 0.255 e. The fourth-order valence-corrected chi connectivity index (χ4v) is 3.16. The van der Waals surface area contributed by atoms with Crippen LogP contribution in [-0.2, 0) is 4.79 Å². The molecule has 1 atom stereocenters. The minimum atomic E-state index is -0.167. The lowest BCUT2D eigenvalue weighted by atomic mass is 9.95. The summed E-state index contributed by atoms with van der Waals surface area (Å²) in [5.74, 6) is -0.109. The number of aromatic amines is 1. The van der Waals surface area contributed by atoms with Crippen molar-refractivity contribution >= 4 is 23.0 Å². The highest BCUT2D eigenvalue weighted by molar-refractivity contribution is 6.04. The standard InChI is InChI=1S/C18H23N5O2/c1-4-15(24)23-7-5-6-12(10-23)14-9-20-17-16(22-14)13(8-19-17)18(25)21-11(2)3/h4,8-9,11-12H,1,5-7,10H2,2-3H3,(H,19,20)(H,21,25). The van der Waals surface area contributed by atoms with Gasteiger partial charge in [0.1, 0.15) is 5.52 Å². The van der Waals surface area contributed by atoms with Crippen LogP contribution in [0.4, 0.5) is 0 Å². The molecule has 0 saturated carbocycles. The molecule has 1 unspecified atom stereocenters. The first-order chi connectivity index (χ1) is 12.0. The van der Waals surface area contributed by atoms with E-state index in [4.69, 9.17) is 0 Å². The van der Waals surface area contributed by atoms with Crippen molar-refractivity contribution < 1.29 is 9.59 Å². The number of aromatic nitrogens is 3. The van der Waals surface area contributed by atoms with Gasteiger partial charge in [0.15, 0.2) is 5.65 Å². The molecule has 2 aromatic heterocycles.